The van der Waals surface area contributed by atoms with Crippen LogP contribution < -0.4 is 4.90 Å². The Kier molecular flexibility index (Phi) is 7.12. The first-order valence-electron chi connectivity index (χ1n) is 16.2. The summed E-state index contributed by atoms with van der Waals surface area (Å²) in [7, 11) is 0. The van der Waals surface area contributed by atoms with E-state index in [1.165, 1.54) is 61.9 Å². The first-order valence-corrected chi connectivity index (χ1v) is 16.2. The smallest absolute Gasteiger partial charge is 0.0560 e. The number of fused-ring (bicyclic) bond motifs is 3. The minimum absolute atomic E-state index is 0.310. The fourth-order valence-electron chi connectivity index (χ4n) is 7.51. The molecule has 0 spiro atoms. The number of hydrogen-bond donors (Lipinski definition) is 0. The molecule has 0 bridgehead atoms. The largest absolute Gasteiger partial charge is 0.342 e. The lowest BCUT2D eigenvalue weighted by Gasteiger charge is -2.38. The molecule has 2 atom stereocenters. The lowest BCUT2D eigenvalue weighted by atomic mass is 9.89. The van der Waals surface area contributed by atoms with Crippen LogP contribution in [-0.2, 0) is 0 Å². The Hall–Kier alpha value is -4.82. The summed E-state index contributed by atoms with van der Waals surface area (Å²) in [6, 6.07) is 38.6. The molecule has 3 aliphatic rings. The van der Waals surface area contributed by atoms with Crippen molar-refractivity contribution in [2.75, 3.05) is 4.90 Å². The van der Waals surface area contributed by atoms with Gasteiger partial charge in [-0.3, -0.25) is 0 Å². The fraction of sp³-hybridized carbons (Fsp3) is 0.190. The maximum absolute atomic E-state index is 2.63. The second-order valence-corrected chi connectivity index (χ2v) is 12.3. The zero-order valence-electron chi connectivity index (χ0n) is 25.1. The Morgan fingerprint density at radius 1 is 0.659 bits per heavy atom. The van der Waals surface area contributed by atoms with E-state index in [1.54, 1.807) is 0 Å². The van der Waals surface area contributed by atoms with Crippen molar-refractivity contribution in [2.24, 2.45) is 0 Å². The molecular formula is C42H38N2. The maximum atomic E-state index is 2.63. The first-order chi connectivity index (χ1) is 21.8. The summed E-state index contributed by atoms with van der Waals surface area (Å²) in [4.78, 5) is 2.63. The van der Waals surface area contributed by atoms with E-state index in [4.69, 9.17) is 0 Å². The minimum Gasteiger partial charge on any atom is -0.342 e. The average molecular weight is 571 g/mol. The van der Waals surface area contributed by atoms with Crippen LogP contribution in [-0.4, -0.2) is 10.6 Å². The van der Waals surface area contributed by atoms with Gasteiger partial charge in [-0.1, -0.05) is 115 Å². The third-order valence-corrected chi connectivity index (χ3v) is 9.70. The monoisotopic (exact) mass is 570 g/mol. The number of aromatic nitrogens is 1. The van der Waals surface area contributed by atoms with Crippen LogP contribution in [0.4, 0.5) is 5.69 Å². The highest BCUT2D eigenvalue weighted by molar-refractivity contribution is 6.08. The predicted octanol–water partition coefficient (Wildman–Crippen LogP) is 11.1. The predicted molar refractivity (Wildman–Crippen MR) is 188 cm³/mol. The van der Waals surface area contributed by atoms with Gasteiger partial charge in [-0.05, 0) is 91.1 Å². The van der Waals surface area contributed by atoms with Gasteiger partial charge in [0.2, 0.25) is 0 Å². The van der Waals surface area contributed by atoms with Gasteiger partial charge in [0.15, 0.2) is 0 Å². The van der Waals surface area contributed by atoms with Crippen molar-refractivity contribution in [1.29, 1.82) is 0 Å². The highest BCUT2D eigenvalue weighted by Gasteiger charge is 2.26. The number of para-hydroxylation sites is 2. The van der Waals surface area contributed by atoms with Crippen molar-refractivity contribution in [3.05, 3.63) is 162 Å². The van der Waals surface area contributed by atoms with Gasteiger partial charge in [-0.25, -0.2) is 0 Å². The summed E-state index contributed by atoms with van der Waals surface area (Å²) in [5.74, 6) is 0. The summed E-state index contributed by atoms with van der Waals surface area (Å²) < 4.78 is 2.52. The van der Waals surface area contributed by atoms with Crippen LogP contribution in [0.25, 0.3) is 33.0 Å². The number of benzene rings is 4. The molecule has 1 heterocycles. The number of hydrogen-bond acceptors (Lipinski definition) is 1. The SMILES string of the molecule is C1=CCCC(N(c2ccc(C3=CCC(n4c5ccccc5c5ccccc54)C=C3)cc2)C2CC=C(c3ccccc3)CC2)=C1. The van der Waals surface area contributed by atoms with Crippen molar-refractivity contribution in [1.82, 2.24) is 4.57 Å². The quantitative estimate of drug-likeness (QED) is 0.197. The van der Waals surface area contributed by atoms with Crippen molar-refractivity contribution in [3.8, 4) is 0 Å². The van der Waals surface area contributed by atoms with Gasteiger partial charge >= 0.3 is 0 Å². The molecule has 44 heavy (non-hydrogen) atoms. The molecule has 0 aliphatic heterocycles. The minimum atomic E-state index is 0.310. The molecule has 2 heteroatoms. The first kappa shape index (κ1) is 26.8. The van der Waals surface area contributed by atoms with Crippen LogP contribution in [0.3, 0.4) is 0 Å². The van der Waals surface area contributed by atoms with Crippen LogP contribution >= 0.6 is 0 Å². The molecule has 2 unspecified atom stereocenters. The molecule has 0 radical (unpaired) electrons. The van der Waals surface area contributed by atoms with E-state index < -0.39 is 0 Å². The van der Waals surface area contributed by atoms with E-state index >= 15 is 0 Å². The van der Waals surface area contributed by atoms with Crippen molar-refractivity contribution in [3.63, 3.8) is 0 Å². The highest BCUT2D eigenvalue weighted by Crippen LogP contribution is 2.38. The fourth-order valence-corrected chi connectivity index (χ4v) is 7.51. The zero-order chi connectivity index (χ0) is 29.3. The van der Waals surface area contributed by atoms with Crippen molar-refractivity contribution in [2.45, 2.75) is 50.6 Å². The van der Waals surface area contributed by atoms with Gasteiger partial charge in [-0.15, -0.1) is 0 Å². The molecule has 216 valence electrons. The van der Waals surface area contributed by atoms with Crippen LogP contribution in [0, 0.1) is 0 Å². The lowest BCUT2D eigenvalue weighted by Crippen LogP contribution is -2.36. The van der Waals surface area contributed by atoms with Gasteiger partial charge in [0.05, 0.1) is 6.04 Å². The van der Waals surface area contributed by atoms with Crippen LogP contribution in [0.5, 0.6) is 0 Å². The van der Waals surface area contributed by atoms with Gasteiger partial charge in [0, 0.05) is 39.2 Å². The summed E-state index contributed by atoms with van der Waals surface area (Å²) in [5.41, 5.74) is 10.8. The molecule has 0 saturated carbocycles. The van der Waals surface area contributed by atoms with Crippen LogP contribution in [0.2, 0.25) is 0 Å². The molecule has 0 saturated heterocycles. The second-order valence-electron chi connectivity index (χ2n) is 12.3. The molecule has 4 aromatic carbocycles. The topological polar surface area (TPSA) is 8.17 Å². The van der Waals surface area contributed by atoms with Gasteiger partial charge in [0.25, 0.3) is 0 Å². The Balaban J connectivity index is 1.04. The number of rotatable bonds is 6. The average Bonchev–Trinajstić information content (AvgIpc) is 3.44. The summed E-state index contributed by atoms with van der Waals surface area (Å²) >= 11 is 0. The number of nitrogens with zero attached hydrogens (tertiary/aromatic N) is 2. The Labute approximate surface area is 260 Å². The van der Waals surface area contributed by atoms with Crippen molar-refractivity contribution < 1.29 is 0 Å². The molecule has 2 nitrogen and oxygen atoms in total. The lowest BCUT2D eigenvalue weighted by molar-refractivity contribution is 0.572. The zero-order valence-corrected chi connectivity index (χ0v) is 25.1. The Bertz CT molecular complexity index is 1910. The molecular weight excluding hydrogens is 532 g/mol. The molecule has 0 amide bonds. The molecule has 5 aromatic rings. The molecule has 3 aliphatic carbocycles. The summed E-state index contributed by atoms with van der Waals surface area (Å²) in [6.07, 6.45) is 23.0. The summed E-state index contributed by atoms with van der Waals surface area (Å²) in [6.45, 7) is 0. The third kappa shape index (κ3) is 4.95. The highest BCUT2D eigenvalue weighted by atomic mass is 15.2. The number of anilines is 1. The molecule has 0 N–H and O–H groups in total. The second kappa shape index (κ2) is 11.7. The van der Waals surface area contributed by atoms with Crippen LogP contribution in [0.1, 0.15) is 55.7 Å². The molecule has 1 aromatic heterocycles. The molecule has 0 fully saturated rings. The van der Waals surface area contributed by atoms with Gasteiger partial charge in [-0.2, -0.15) is 0 Å². The van der Waals surface area contributed by atoms with Gasteiger partial charge < -0.3 is 9.47 Å². The van der Waals surface area contributed by atoms with Gasteiger partial charge in [0.1, 0.15) is 0 Å². The van der Waals surface area contributed by atoms with E-state index in [1.807, 2.05) is 0 Å². The van der Waals surface area contributed by atoms with E-state index in [9.17, 15) is 0 Å². The molecule has 8 rings (SSSR count). The normalized spacial score (nSPS) is 20.0. The van der Waals surface area contributed by atoms with Crippen LogP contribution in [0.15, 0.2) is 151 Å². The maximum Gasteiger partial charge on any atom is 0.0560 e. The Morgan fingerprint density at radius 3 is 2.02 bits per heavy atom. The number of allylic oxidation sites excluding steroid dienone is 9. The Morgan fingerprint density at radius 2 is 1.39 bits per heavy atom. The van der Waals surface area contributed by atoms with E-state index in [2.05, 4.69) is 155 Å². The van der Waals surface area contributed by atoms with E-state index in [0.29, 0.717) is 12.1 Å². The van der Waals surface area contributed by atoms with Crippen molar-refractivity contribution >= 4 is 38.6 Å². The van der Waals surface area contributed by atoms with E-state index in [-0.39, 0.29) is 0 Å². The standard InChI is InChI=1S/C42H38N2/c1-3-11-31(12-4-1)32-19-25-36(26-20-32)43(35-13-5-2-6-14-35)37-27-21-33(22-28-37)34-23-29-38(30-24-34)44-41-17-9-7-15-39(41)40-16-8-10-18-42(40)44/h1-5,7-13,15-19,21-24,27-29,36,38H,6,14,20,25-26,30H2. The third-order valence-electron chi connectivity index (χ3n) is 9.70. The summed E-state index contributed by atoms with van der Waals surface area (Å²) in [5, 5.41) is 2.67. The van der Waals surface area contributed by atoms with E-state index in [0.717, 1.165) is 32.1 Å².